The van der Waals surface area contributed by atoms with E-state index in [1.54, 1.807) is 18.2 Å². The van der Waals surface area contributed by atoms with Gasteiger partial charge in [-0.15, -0.1) is 0 Å². The molecule has 2 atom stereocenters. The number of carbonyl (C=O) groups excluding carboxylic acids is 1. The van der Waals surface area contributed by atoms with Gasteiger partial charge in [0.1, 0.15) is 5.75 Å². The quantitative estimate of drug-likeness (QED) is 0.586. The Morgan fingerprint density at radius 3 is 2.54 bits per heavy atom. The summed E-state index contributed by atoms with van der Waals surface area (Å²) in [6.07, 6.45) is 0.590. The van der Waals surface area contributed by atoms with Gasteiger partial charge in [-0.05, 0) is 43.2 Å². The maximum atomic E-state index is 12.3. The monoisotopic (exact) mass is 383 g/mol. The summed E-state index contributed by atoms with van der Waals surface area (Å²) in [7, 11) is 0. The molecule has 1 aliphatic rings. The minimum Gasteiger partial charge on any atom is -0.491 e. The van der Waals surface area contributed by atoms with Crippen molar-refractivity contribution in [2.24, 2.45) is 0 Å². The fraction of sp³-hybridized carbons (Fsp3) is 0.333. The second-order valence-corrected chi connectivity index (χ2v) is 7.07. The molecule has 1 amide bonds. The van der Waals surface area contributed by atoms with E-state index in [2.05, 4.69) is 16.2 Å². The van der Waals surface area contributed by atoms with Gasteiger partial charge in [-0.3, -0.25) is 4.79 Å². The third-order valence-corrected chi connectivity index (χ3v) is 4.49. The van der Waals surface area contributed by atoms with E-state index in [9.17, 15) is 14.7 Å². The van der Waals surface area contributed by atoms with Crippen molar-refractivity contribution in [3.63, 3.8) is 0 Å². The molecular weight excluding hydrogens is 358 g/mol. The smallest absolute Gasteiger partial charge is 0.335 e. The minimum absolute atomic E-state index is 0.0204. The third kappa shape index (κ3) is 5.09. The minimum atomic E-state index is -1.03. The van der Waals surface area contributed by atoms with Gasteiger partial charge < -0.3 is 15.2 Å². The van der Waals surface area contributed by atoms with Gasteiger partial charge in [-0.25, -0.2) is 15.6 Å². The van der Waals surface area contributed by atoms with E-state index in [0.29, 0.717) is 12.0 Å². The Labute approximate surface area is 164 Å². The van der Waals surface area contributed by atoms with E-state index in [1.165, 1.54) is 6.07 Å². The Balaban J connectivity index is 1.54. The number of hydrogen-bond acceptors (Lipinski definition) is 5. The number of amides is 1. The van der Waals surface area contributed by atoms with Gasteiger partial charge in [-0.1, -0.05) is 30.3 Å². The van der Waals surface area contributed by atoms with Crippen LogP contribution < -0.4 is 20.9 Å². The fourth-order valence-electron chi connectivity index (χ4n) is 3.22. The summed E-state index contributed by atoms with van der Waals surface area (Å²) in [5.41, 5.74) is 8.00. The van der Waals surface area contributed by atoms with E-state index in [0.717, 1.165) is 11.3 Å². The third-order valence-electron chi connectivity index (χ3n) is 4.49. The van der Waals surface area contributed by atoms with Crippen molar-refractivity contribution in [3.8, 4) is 5.75 Å². The number of nitrogens with one attached hydrogen (secondary N) is 3. The van der Waals surface area contributed by atoms with Crippen LogP contribution in [-0.4, -0.2) is 29.3 Å². The van der Waals surface area contributed by atoms with Crippen molar-refractivity contribution in [1.82, 2.24) is 16.2 Å². The normalized spacial score (nSPS) is 18.8. The van der Waals surface area contributed by atoms with Crippen LogP contribution in [0.3, 0.4) is 0 Å². The van der Waals surface area contributed by atoms with E-state index >= 15 is 0 Å². The molecule has 3 rings (SSSR count). The molecule has 1 saturated heterocycles. The van der Waals surface area contributed by atoms with Gasteiger partial charge in [0.25, 0.3) is 0 Å². The second kappa shape index (κ2) is 8.86. The van der Waals surface area contributed by atoms with Crippen molar-refractivity contribution in [3.05, 3.63) is 65.2 Å². The lowest BCUT2D eigenvalue weighted by Crippen LogP contribution is -2.44. The zero-order valence-electron chi connectivity index (χ0n) is 15.9. The summed E-state index contributed by atoms with van der Waals surface area (Å²) >= 11 is 0. The largest absolute Gasteiger partial charge is 0.491 e. The highest BCUT2D eigenvalue weighted by Gasteiger charge is 2.26. The predicted molar refractivity (Wildman–Crippen MR) is 105 cm³/mol. The highest BCUT2D eigenvalue weighted by atomic mass is 16.5. The summed E-state index contributed by atoms with van der Waals surface area (Å²) in [4.78, 5) is 23.6. The Bertz CT molecular complexity index is 836. The fourth-order valence-corrected chi connectivity index (χ4v) is 3.22. The van der Waals surface area contributed by atoms with Crippen LogP contribution in [-0.2, 0) is 11.2 Å². The number of benzene rings is 2. The first kappa shape index (κ1) is 19.9. The van der Waals surface area contributed by atoms with Gasteiger partial charge in [0.05, 0.1) is 24.3 Å². The van der Waals surface area contributed by atoms with Gasteiger partial charge in [0.2, 0.25) is 5.91 Å². The molecule has 7 heteroatoms. The maximum absolute atomic E-state index is 12.3. The SMILES string of the molecule is CC(C)Oc1ccc(C2CC(NC(=O)Cc3ccccc3C(=O)O)NN2)cc1. The van der Waals surface area contributed by atoms with Crippen molar-refractivity contribution in [1.29, 1.82) is 0 Å². The first-order valence-corrected chi connectivity index (χ1v) is 9.30. The standard InChI is InChI=1S/C21H25N3O4/c1-13(2)28-16-9-7-14(8-10-16)18-12-19(24-23-18)22-20(25)11-15-5-3-4-6-17(15)21(26)27/h3-10,13,18-19,23-24H,11-12H2,1-2H3,(H,22,25)(H,26,27). The molecule has 2 aromatic carbocycles. The average Bonchev–Trinajstić information content (AvgIpc) is 3.10. The van der Waals surface area contributed by atoms with Crippen molar-refractivity contribution >= 4 is 11.9 Å². The zero-order chi connectivity index (χ0) is 20.1. The van der Waals surface area contributed by atoms with Gasteiger partial charge in [0, 0.05) is 12.5 Å². The molecule has 0 bridgehead atoms. The number of carboxylic acids is 1. The Morgan fingerprint density at radius 2 is 1.86 bits per heavy atom. The van der Waals surface area contributed by atoms with E-state index in [-0.39, 0.29) is 36.2 Å². The average molecular weight is 383 g/mol. The molecule has 2 unspecified atom stereocenters. The molecular formula is C21H25N3O4. The van der Waals surface area contributed by atoms with E-state index < -0.39 is 5.97 Å². The molecule has 148 valence electrons. The number of aromatic carboxylic acids is 1. The number of ether oxygens (including phenoxy) is 1. The molecule has 0 radical (unpaired) electrons. The lowest BCUT2D eigenvalue weighted by molar-refractivity contribution is -0.121. The van der Waals surface area contributed by atoms with Gasteiger partial charge in [0.15, 0.2) is 0 Å². The Morgan fingerprint density at radius 1 is 1.14 bits per heavy atom. The topological polar surface area (TPSA) is 99.7 Å². The van der Waals surface area contributed by atoms with Gasteiger partial charge >= 0.3 is 5.97 Å². The molecule has 28 heavy (non-hydrogen) atoms. The summed E-state index contributed by atoms with van der Waals surface area (Å²) in [5, 5.41) is 12.1. The zero-order valence-corrected chi connectivity index (χ0v) is 15.9. The van der Waals surface area contributed by atoms with Crippen molar-refractivity contribution < 1.29 is 19.4 Å². The van der Waals surface area contributed by atoms with Gasteiger partial charge in [-0.2, -0.15) is 0 Å². The molecule has 1 fully saturated rings. The number of carboxylic acid groups (broad SMARTS) is 1. The van der Waals surface area contributed by atoms with Crippen molar-refractivity contribution in [2.75, 3.05) is 0 Å². The second-order valence-electron chi connectivity index (χ2n) is 7.07. The lowest BCUT2D eigenvalue weighted by atomic mass is 10.0. The number of carbonyl (C=O) groups is 2. The maximum Gasteiger partial charge on any atom is 0.335 e. The Kier molecular flexibility index (Phi) is 6.28. The van der Waals surface area contributed by atoms with Crippen LogP contribution in [0.5, 0.6) is 5.75 Å². The highest BCUT2D eigenvalue weighted by Crippen LogP contribution is 2.24. The Hall–Kier alpha value is -2.90. The number of hydrazine groups is 1. The molecule has 7 nitrogen and oxygen atoms in total. The molecule has 1 aliphatic heterocycles. The molecule has 0 aromatic heterocycles. The van der Waals surface area contributed by atoms with Crippen LogP contribution in [0, 0.1) is 0 Å². The van der Waals surface area contributed by atoms with Crippen LogP contribution in [0.2, 0.25) is 0 Å². The molecule has 0 spiro atoms. The molecule has 0 saturated carbocycles. The number of rotatable bonds is 7. The predicted octanol–water partition coefficient (Wildman–Crippen LogP) is 2.40. The summed E-state index contributed by atoms with van der Waals surface area (Å²) in [6, 6.07) is 14.5. The molecule has 2 aromatic rings. The summed E-state index contributed by atoms with van der Waals surface area (Å²) < 4.78 is 5.65. The van der Waals surface area contributed by atoms with E-state index in [4.69, 9.17) is 4.74 Å². The first-order chi connectivity index (χ1) is 13.4. The van der Waals surface area contributed by atoms with Crippen LogP contribution in [0.4, 0.5) is 0 Å². The van der Waals surface area contributed by atoms with Crippen LogP contribution >= 0.6 is 0 Å². The van der Waals surface area contributed by atoms with Crippen molar-refractivity contribution in [2.45, 2.75) is 45.0 Å². The van der Waals surface area contributed by atoms with Crippen LogP contribution in [0.1, 0.15) is 47.8 Å². The summed E-state index contributed by atoms with van der Waals surface area (Å²) in [5.74, 6) is -0.435. The van der Waals surface area contributed by atoms with Crippen LogP contribution in [0.15, 0.2) is 48.5 Å². The molecule has 1 heterocycles. The first-order valence-electron chi connectivity index (χ1n) is 9.30. The highest BCUT2D eigenvalue weighted by molar-refractivity contribution is 5.91. The lowest BCUT2D eigenvalue weighted by Gasteiger charge is -2.14. The number of hydrogen-bond donors (Lipinski definition) is 4. The van der Waals surface area contributed by atoms with E-state index in [1.807, 2.05) is 38.1 Å². The molecule has 4 N–H and O–H groups in total. The van der Waals surface area contributed by atoms with Crippen LogP contribution in [0.25, 0.3) is 0 Å². The summed E-state index contributed by atoms with van der Waals surface area (Å²) in [6.45, 7) is 3.97. The molecule has 0 aliphatic carbocycles.